The van der Waals surface area contributed by atoms with Crippen LogP contribution in [0.15, 0.2) is 29.2 Å². The Hall–Kier alpha value is -0.280. The van der Waals surface area contributed by atoms with Crippen LogP contribution in [0.1, 0.15) is 0 Å². The Kier molecular flexibility index (Phi) is 2.96. The van der Waals surface area contributed by atoms with Gasteiger partial charge in [-0.15, -0.1) is 11.7 Å². The van der Waals surface area contributed by atoms with Gasteiger partial charge in [-0.1, -0.05) is 0 Å². The molecule has 0 atom stereocenters. The molecule has 0 aromatic heterocycles. The summed E-state index contributed by atoms with van der Waals surface area (Å²) < 4.78 is 5.07. The lowest BCUT2D eigenvalue weighted by Gasteiger charge is -2.24. The molecular formula is C9H14OS2. The molecule has 0 N–H and O–H groups in total. The second kappa shape index (κ2) is 3.62. The largest absolute Gasteiger partial charge is 0.497 e. The zero-order valence-corrected chi connectivity index (χ0v) is 9.28. The highest BCUT2D eigenvalue weighted by Gasteiger charge is 2.07. The van der Waals surface area contributed by atoms with Gasteiger partial charge in [-0.05, 0) is 41.7 Å². The smallest absolute Gasteiger partial charge is 0.118 e. The molecule has 1 aromatic carbocycles. The molecule has 3 heteroatoms. The van der Waals surface area contributed by atoms with Gasteiger partial charge in [0.15, 0.2) is 0 Å². The fraction of sp³-hybridized carbons (Fsp3) is 0.333. The summed E-state index contributed by atoms with van der Waals surface area (Å²) in [7, 11) is 0.785. The SMILES string of the molecule is COc1ccc(S(C)(C)S)cc1. The van der Waals surface area contributed by atoms with Crippen LogP contribution in [-0.4, -0.2) is 19.6 Å². The molecule has 0 spiro atoms. The van der Waals surface area contributed by atoms with Crippen LogP contribution >= 0.6 is 20.7 Å². The second-order valence-corrected chi connectivity index (χ2v) is 8.70. The van der Waals surface area contributed by atoms with Crippen LogP contribution < -0.4 is 4.74 Å². The summed E-state index contributed by atoms with van der Waals surface area (Å²) in [5, 5.41) is 0. The van der Waals surface area contributed by atoms with Crippen molar-refractivity contribution in [2.24, 2.45) is 0 Å². The molecule has 0 radical (unpaired) electrons. The highest BCUT2D eigenvalue weighted by Crippen LogP contribution is 2.53. The Morgan fingerprint density at radius 1 is 1.17 bits per heavy atom. The molecular weight excluding hydrogens is 188 g/mol. The van der Waals surface area contributed by atoms with E-state index in [-0.39, 0.29) is 0 Å². The number of benzene rings is 1. The molecule has 0 heterocycles. The Labute approximate surface area is 80.3 Å². The van der Waals surface area contributed by atoms with Crippen LogP contribution in [-0.2, 0) is 0 Å². The van der Waals surface area contributed by atoms with Gasteiger partial charge in [0.2, 0.25) is 0 Å². The van der Waals surface area contributed by atoms with Crippen molar-refractivity contribution in [1.82, 2.24) is 0 Å². The molecule has 0 aliphatic carbocycles. The molecule has 0 amide bonds. The summed E-state index contributed by atoms with van der Waals surface area (Å²) in [5.74, 6) is 0.899. The highest BCUT2D eigenvalue weighted by atomic mass is 33.1. The molecule has 1 nitrogen and oxygen atoms in total. The van der Waals surface area contributed by atoms with Crippen LogP contribution in [0.3, 0.4) is 0 Å². The molecule has 0 aliphatic rings. The van der Waals surface area contributed by atoms with Crippen molar-refractivity contribution in [2.75, 3.05) is 19.6 Å². The van der Waals surface area contributed by atoms with E-state index in [0.717, 1.165) is 5.75 Å². The van der Waals surface area contributed by atoms with E-state index >= 15 is 0 Å². The molecule has 68 valence electrons. The summed E-state index contributed by atoms with van der Waals surface area (Å²) in [5.41, 5.74) is 0. The predicted octanol–water partition coefficient (Wildman–Crippen LogP) is 2.96. The van der Waals surface area contributed by atoms with Gasteiger partial charge in [0.25, 0.3) is 0 Å². The molecule has 0 fully saturated rings. The van der Waals surface area contributed by atoms with Crippen LogP contribution in [0.2, 0.25) is 0 Å². The third kappa shape index (κ3) is 2.35. The van der Waals surface area contributed by atoms with Crippen LogP contribution in [0.4, 0.5) is 0 Å². The second-order valence-electron chi connectivity index (χ2n) is 2.95. The monoisotopic (exact) mass is 202 g/mol. The zero-order valence-electron chi connectivity index (χ0n) is 7.57. The number of methoxy groups -OCH3 is 1. The minimum Gasteiger partial charge on any atom is -0.497 e. The van der Waals surface area contributed by atoms with Gasteiger partial charge in [0.1, 0.15) is 5.75 Å². The number of hydrogen-bond donors (Lipinski definition) is 1. The summed E-state index contributed by atoms with van der Waals surface area (Å²) in [6.45, 7) is 0. The van der Waals surface area contributed by atoms with Gasteiger partial charge in [-0.25, -0.2) is 0 Å². The van der Waals surface area contributed by atoms with E-state index in [9.17, 15) is 0 Å². The van der Waals surface area contributed by atoms with Crippen LogP contribution in [0.25, 0.3) is 0 Å². The molecule has 0 saturated carbocycles. The highest BCUT2D eigenvalue weighted by molar-refractivity contribution is 8.87. The Balaban J connectivity index is 2.93. The van der Waals surface area contributed by atoms with E-state index in [2.05, 4.69) is 36.3 Å². The minimum absolute atomic E-state index is 0.889. The summed E-state index contributed by atoms with van der Waals surface area (Å²) in [6, 6.07) is 8.09. The predicted molar refractivity (Wildman–Crippen MR) is 59.7 cm³/mol. The fourth-order valence-corrected chi connectivity index (χ4v) is 2.08. The Morgan fingerprint density at radius 3 is 2.00 bits per heavy atom. The third-order valence-electron chi connectivity index (χ3n) is 1.64. The van der Waals surface area contributed by atoms with E-state index in [1.807, 2.05) is 12.1 Å². The molecule has 0 aliphatic heterocycles. The molecule has 0 saturated heterocycles. The molecule has 0 bridgehead atoms. The van der Waals surface area contributed by atoms with Crippen LogP contribution in [0.5, 0.6) is 5.75 Å². The maximum Gasteiger partial charge on any atom is 0.118 e. The number of hydrogen-bond acceptors (Lipinski definition) is 2. The van der Waals surface area contributed by atoms with Crippen molar-refractivity contribution in [3.8, 4) is 5.75 Å². The molecule has 0 unspecified atom stereocenters. The maximum atomic E-state index is 5.07. The quantitative estimate of drug-likeness (QED) is 0.573. The van der Waals surface area contributed by atoms with Gasteiger partial charge in [0, 0.05) is 0 Å². The fourth-order valence-electron chi connectivity index (χ4n) is 0.909. The zero-order chi connectivity index (χ0) is 9.19. The van der Waals surface area contributed by atoms with Crippen molar-refractivity contribution in [1.29, 1.82) is 0 Å². The first kappa shape index (κ1) is 9.81. The average Bonchev–Trinajstić information content (AvgIpc) is 2.03. The Bertz CT molecular complexity index is 248. The maximum absolute atomic E-state index is 5.07. The lowest BCUT2D eigenvalue weighted by molar-refractivity contribution is 0.414. The summed E-state index contributed by atoms with van der Waals surface area (Å²) in [6.07, 6.45) is 4.30. The summed E-state index contributed by atoms with van der Waals surface area (Å²) >= 11 is 4.55. The van der Waals surface area contributed by atoms with Gasteiger partial charge < -0.3 is 4.74 Å². The van der Waals surface area contributed by atoms with Crippen molar-refractivity contribution < 1.29 is 4.74 Å². The van der Waals surface area contributed by atoms with Gasteiger partial charge in [-0.3, -0.25) is 0 Å². The van der Waals surface area contributed by atoms with Gasteiger partial charge in [-0.2, -0.15) is 9.06 Å². The lowest BCUT2D eigenvalue weighted by atomic mass is 10.3. The first-order valence-corrected chi connectivity index (χ1v) is 7.14. The standard InChI is InChI=1S/C9H14OS2/c1-10-8-4-6-9(7-5-8)12(2,3)11/h4-7,11H,1-3H3. The first-order valence-electron chi connectivity index (χ1n) is 3.64. The van der Waals surface area contributed by atoms with Crippen LogP contribution in [0, 0.1) is 0 Å². The normalized spacial score (nSPS) is 12.7. The lowest BCUT2D eigenvalue weighted by Crippen LogP contribution is -1.87. The number of ether oxygens (including phenoxy) is 1. The average molecular weight is 202 g/mol. The van der Waals surface area contributed by atoms with Gasteiger partial charge in [0.05, 0.1) is 7.11 Å². The minimum atomic E-state index is -0.889. The van der Waals surface area contributed by atoms with Crippen molar-refractivity contribution in [3.63, 3.8) is 0 Å². The van der Waals surface area contributed by atoms with E-state index < -0.39 is 9.06 Å². The molecule has 12 heavy (non-hydrogen) atoms. The van der Waals surface area contributed by atoms with Crippen molar-refractivity contribution >= 4 is 20.7 Å². The van der Waals surface area contributed by atoms with Gasteiger partial charge >= 0.3 is 0 Å². The van der Waals surface area contributed by atoms with E-state index in [4.69, 9.17) is 4.74 Å². The van der Waals surface area contributed by atoms with E-state index in [0.29, 0.717) is 0 Å². The van der Waals surface area contributed by atoms with E-state index in [1.165, 1.54) is 4.90 Å². The number of rotatable bonds is 2. The molecule has 1 rings (SSSR count). The van der Waals surface area contributed by atoms with E-state index in [1.54, 1.807) is 7.11 Å². The molecule has 1 aromatic rings. The third-order valence-corrected chi connectivity index (χ3v) is 3.69. The number of thiol groups is 1. The first-order chi connectivity index (χ1) is 5.54. The van der Waals surface area contributed by atoms with Crippen molar-refractivity contribution in [2.45, 2.75) is 4.90 Å². The topological polar surface area (TPSA) is 9.23 Å². The van der Waals surface area contributed by atoms with Crippen molar-refractivity contribution in [3.05, 3.63) is 24.3 Å². The Morgan fingerprint density at radius 2 is 1.67 bits per heavy atom. The summed E-state index contributed by atoms with van der Waals surface area (Å²) in [4.78, 5) is 1.28.